The maximum Gasteiger partial charge on any atom is 0.138 e. The van der Waals surface area contributed by atoms with Crippen molar-refractivity contribution in [3.05, 3.63) is 59.9 Å². The van der Waals surface area contributed by atoms with Crippen molar-refractivity contribution < 1.29 is 8.78 Å². The molecule has 0 atom stereocenters. The van der Waals surface area contributed by atoms with Crippen LogP contribution in [0.5, 0.6) is 0 Å². The van der Waals surface area contributed by atoms with Gasteiger partial charge in [-0.05, 0) is 37.4 Å². The summed E-state index contributed by atoms with van der Waals surface area (Å²) in [5.41, 5.74) is 1.70. The molecule has 0 unspecified atom stereocenters. The highest BCUT2D eigenvalue weighted by Gasteiger charge is 2.15. The topological polar surface area (TPSA) is 29.3 Å². The molecule has 0 aliphatic carbocycles. The Morgan fingerprint density at radius 1 is 1.24 bits per heavy atom. The van der Waals surface area contributed by atoms with Crippen molar-refractivity contribution in [2.45, 2.75) is 16.5 Å². The number of rotatable bonds is 4. The lowest BCUT2D eigenvalue weighted by molar-refractivity contribution is 0.577. The van der Waals surface area contributed by atoms with E-state index in [0.717, 1.165) is 35.2 Å². The maximum absolute atomic E-state index is 13.8. The van der Waals surface area contributed by atoms with Gasteiger partial charge in [-0.25, -0.2) is 13.8 Å². The molecular formula is C15H13F2N3S. The number of nitrogens with zero attached hydrogens (tertiary/aromatic N) is 2. The van der Waals surface area contributed by atoms with Crippen LogP contribution in [-0.2, 0) is 6.54 Å². The zero-order chi connectivity index (χ0) is 14.8. The van der Waals surface area contributed by atoms with Gasteiger partial charge < -0.3 is 9.72 Å². The van der Waals surface area contributed by atoms with Crippen LogP contribution in [0.1, 0.15) is 5.69 Å². The first-order valence-electron chi connectivity index (χ1n) is 6.42. The van der Waals surface area contributed by atoms with Crippen molar-refractivity contribution >= 4 is 17.4 Å². The average Bonchev–Trinajstić information content (AvgIpc) is 2.81. The van der Waals surface area contributed by atoms with Crippen LogP contribution in [0, 0.1) is 11.6 Å². The van der Waals surface area contributed by atoms with Gasteiger partial charge in [0.1, 0.15) is 22.3 Å². The van der Waals surface area contributed by atoms with E-state index in [0.29, 0.717) is 11.6 Å². The molecule has 0 saturated carbocycles. The summed E-state index contributed by atoms with van der Waals surface area (Å²) in [6.07, 6.45) is 1.90. The minimum Gasteiger partial charge on any atom is -0.314 e. The smallest absolute Gasteiger partial charge is 0.138 e. The molecule has 1 aromatic carbocycles. The number of aromatic nitrogens is 2. The lowest BCUT2D eigenvalue weighted by atomic mass is 10.3. The molecule has 1 N–H and O–H groups in total. The van der Waals surface area contributed by atoms with E-state index in [1.54, 1.807) is 0 Å². The Labute approximate surface area is 125 Å². The van der Waals surface area contributed by atoms with E-state index in [1.807, 2.05) is 35.8 Å². The van der Waals surface area contributed by atoms with Crippen LogP contribution in [0.15, 0.2) is 52.5 Å². The van der Waals surface area contributed by atoms with E-state index in [9.17, 15) is 8.78 Å². The minimum absolute atomic E-state index is 0.232. The molecule has 108 valence electrons. The summed E-state index contributed by atoms with van der Waals surface area (Å²) < 4.78 is 29.0. The molecule has 0 radical (unpaired) electrons. The first kappa shape index (κ1) is 14.0. The van der Waals surface area contributed by atoms with Crippen LogP contribution >= 0.6 is 11.8 Å². The first-order valence-corrected chi connectivity index (χ1v) is 7.24. The van der Waals surface area contributed by atoms with Gasteiger partial charge in [0.05, 0.1) is 10.6 Å². The fraction of sp³-hybridized carbons (Fsp3) is 0.133. The van der Waals surface area contributed by atoms with Gasteiger partial charge >= 0.3 is 0 Å². The molecule has 6 heteroatoms. The van der Waals surface area contributed by atoms with Crippen LogP contribution in [0.4, 0.5) is 8.78 Å². The number of halogens is 2. The van der Waals surface area contributed by atoms with Gasteiger partial charge in [-0.1, -0.05) is 17.8 Å². The van der Waals surface area contributed by atoms with Crippen molar-refractivity contribution in [3.8, 4) is 0 Å². The third-order valence-electron chi connectivity index (χ3n) is 3.04. The SMILES string of the molecule is CNCc1c(Sc2cc(F)ccc2F)nc2ccccn12. The third kappa shape index (κ3) is 2.77. The predicted octanol–water partition coefficient (Wildman–Crippen LogP) is 3.48. The molecule has 21 heavy (non-hydrogen) atoms. The molecule has 0 aliphatic rings. The maximum atomic E-state index is 13.8. The third-order valence-corrected chi connectivity index (χ3v) is 4.09. The highest BCUT2D eigenvalue weighted by molar-refractivity contribution is 7.99. The van der Waals surface area contributed by atoms with E-state index in [-0.39, 0.29) is 4.90 Å². The van der Waals surface area contributed by atoms with E-state index in [1.165, 1.54) is 6.07 Å². The normalized spacial score (nSPS) is 11.2. The Morgan fingerprint density at radius 2 is 2.10 bits per heavy atom. The fourth-order valence-electron chi connectivity index (χ4n) is 2.09. The van der Waals surface area contributed by atoms with E-state index in [2.05, 4.69) is 10.3 Å². The molecule has 3 rings (SSSR count). The molecule has 2 aromatic heterocycles. The number of benzene rings is 1. The standard InChI is InChI=1S/C15H13F2N3S/c1-18-9-12-15(19-14-4-2-3-7-20(12)14)21-13-8-10(16)5-6-11(13)17/h2-8,18H,9H2,1H3. The zero-order valence-electron chi connectivity index (χ0n) is 11.3. The summed E-state index contributed by atoms with van der Waals surface area (Å²) in [6.45, 7) is 0.588. The predicted molar refractivity (Wildman–Crippen MR) is 78.4 cm³/mol. The minimum atomic E-state index is -0.460. The van der Waals surface area contributed by atoms with Crippen LogP contribution < -0.4 is 5.32 Å². The van der Waals surface area contributed by atoms with Gasteiger partial charge in [0.15, 0.2) is 0 Å². The number of nitrogens with one attached hydrogen (secondary N) is 1. The Morgan fingerprint density at radius 3 is 2.90 bits per heavy atom. The van der Waals surface area contributed by atoms with E-state index < -0.39 is 11.6 Å². The lowest BCUT2D eigenvalue weighted by Gasteiger charge is -2.05. The van der Waals surface area contributed by atoms with Crippen LogP contribution in [0.3, 0.4) is 0 Å². The number of hydrogen-bond donors (Lipinski definition) is 1. The van der Waals surface area contributed by atoms with Gasteiger partial charge in [0, 0.05) is 12.7 Å². The summed E-state index contributed by atoms with van der Waals surface area (Å²) in [7, 11) is 1.83. The Bertz CT molecular complexity index is 786. The van der Waals surface area contributed by atoms with Gasteiger partial charge in [0.25, 0.3) is 0 Å². The number of fused-ring (bicyclic) bond motifs is 1. The largest absolute Gasteiger partial charge is 0.314 e. The number of hydrogen-bond acceptors (Lipinski definition) is 3. The van der Waals surface area contributed by atoms with Crippen molar-refractivity contribution in [3.63, 3.8) is 0 Å². The molecule has 3 aromatic rings. The van der Waals surface area contributed by atoms with Crippen molar-refractivity contribution in [1.29, 1.82) is 0 Å². The molecule has 0 fully saturated rings. The molecule has 0 saturated heterocycles. The molecule has 3 nitrogen and oxygen atoms in total. The van der Waals surface area contributed by atoms with Crippen molar-refractivity contribution in [1.82, 2.24) is 14.7 Å². The molecule has 0 amide bonds. The van der Waals surface area contributed by atoms with Crippen LogP contribution in [-0.4, -0.2) is 16.4 Å². The molecule has 0 bridgehead atoms. The molecule has 2 heterocycles. The lowest BCUT2D eigenvalue weighted by Crippen LogP contribution is -2.08. The first-order chi connectivity index (χ1) is 10.2. The Hall–Kier alpha value is -1.92. The quantitative estimate of drug-likeness (QED) is 0.800. The fourth-order valence-corrected chi connectivity index (χ4v) is 3.07. The second-order valence-electron chi connectivity index (χ2n) is 4.50. The molecule has 0 aliphatic heterocycles. The average molecular weight is 305 g/mol. The van der Waals surface area contributed by atoms with Gasteiger partial charge in [-0.3, -0.25) is 0 Å². The zero-order valence-corrected chi connectivity index (χ0v) is 12.1. The van der Waals surface area contributed by atoms with Gasteiger partial charge in [-0.2, -0.15) is 0 Å². The van der Waals surface area contributed by atoms with Crippen LogP contribution in [0.25, 0.3) is 5.65 Å². The summed E-state index contributed by atoms with van der Waals surface area (Å²) in [5.74, 6) is -0.910. The summed E-state index contributed by atoms with van der Waals surface area (Å²) in [6, 6.07) is 9.11. The Kier molecular flexibility index (Phi) is 3.90. The number of imidazole rings is 1. The molecular weight excluding hydrogens is 292 g/mol. The number of pyridine rings is 1. The summed E-state index contributed by atoms with van der Waals surface area (Å²) in [4.78, 5) is 4.73. The Balaban J connectivity index is 2.07. The second kappa shape index (κ2) is 5.83. The summed E-state index contributed by atoms with van der Waals surface area (Å²) >= 11 is 1.13. The van der Waals surface area contributed by atoms with E-state index >= 15 is 0 Å². The highest BCUT2D eigenvalue weighted by Crippen LogP contribution is 2.32. The monoisotopic (exact) mass is 305 g/mol. The highest BCUT2D eigenvalue weighted by atomic mass is 32.2. The van der Waals surface area contributed by atoms with Gasteiger partial charge in [0.2, 0.25) is 0 Å². The van der Waals surface area contributed by atoms with Crippen molar-refractivity contribution in [2.24, 2.45) is 0 Å². The van der Waals surface area contributed by atoms with Gasteiger partial charge in [-0.15, -0.1) is 0 Å². The van der Waals surface area contributed by atoms with Crippen LogP contribution in [0.2, 0.25) is 0 Å². The molecule has 0 spiro atoms. The summed E-state index contributed by atoms with van der Waals surface area (Å²) in [5, 5.41) is 3.74. The second-order valence-corrected chi connectivity index (χ2v) is 5.53. The van der Waals surface area contributed by atoms with Crippen molar-refractivity contribution in [2.75, 3.05) is 7.05 Å². The van der Waals surface area contributed by atoms with E-state index in [4.69, 9.17) is 0 Å².